The highest BCUT2D eigenvalue weighted by Crippen LogP contribution is 2.11. The van der Waals surface area contributed by atoms with E-state index >= 15 is 0 Å². The second-order valence-corrected chi connectivity index (χ2v) is 10.5. The summed E-state index contributed by atoms with van der Waals surface area (Å²) in [6.07, 6.45) is 34.9. The monoisotopic (exact) mass is 522 g/mol. The highest BCUT2D eigenvalue weighted by molar-refractivity contribution is 5.69. The van der Waals surface area contributed by atoms with Gasteiger partial charge in [0.05, 0.1) is 13.2 Å². The van der Waals surface area contributed by atoms with E-state index in [1.54, 1.807) is 0 Å². The van der Waals surface area contributed by atoms with Gasteiger partial charge in [-0.05, 0) is 64.2 Å². The van der Waals surface area contributed by atoms with Crippen molar-refractivity contribution in [1.29, 1.82) is 0 Å². The summed E-state index contributed by atoms with van der Waals surface area (Å²) in [4.78, 5) is 12.1. The molecule has 1 atom stereocenters. The first-order valence-electron chi connectivity index (χ1n) is 15.9. The van der Waals surface area contributed by atoms with Crippen LogP contribution in [0.15, 0.2) is 24.3 Å². The lowest BCUT2D eigenvalue weighted by Crippen LogP contribution is -2.27. The number of aliphatic hydroxyl groups excluding tert-OH is 1. The summed E-state index contributed by atoms with van der Waals surface area (Å²) in [6, 6.07) is 0. The number of ether oxygens (including phenoxy) is 2. The Bertz CT molecular complexity index is 514. The molecule has 0 bridgehead atoms. The molecule has 0 saturated carbocycles. The second-order valence-electron chi connectivity index (χ2n) is 10.5. The third kappa shape index (κ3) is 29.3. The first-order valence-corrected chi connectivity index (χ1v) is 15.9. The van der Waals surface area contributed by atoms with Gasteiger partial charge in [-0.15, -0.1) is 0 Å². The molecule has 1 N–H and O–H groups in total. The minimum absolute atomic E-state index is 0.176. The van der Waals surface area contributed by atoms with Crippen molar-refractivity contribution in [2.24, 2.45) is 0 Å². The van der Waals surface area contributed by atoms with Crippen LogP contribution in [0.4, 0.5) is 0 Å². The van der Waals surface area contributed by atoms with Gasteiger partial charge in [-0.1, -0.05) is 109 Å². The number of unbranched alkanes of at least 4 members (excludes halogenated alkanes) is 17. The van der Waals surface area contributed by atoms with E-state index in [4.69, 9.17) is 9.47 Å². The molecule has 0 saturated heterocycles. The van der Waals surface area contributed by atoms with Gasteiger partial charge in [0.25, 0.3) is 0 Å². The lowest BCUT2D eigenvalue weighted by Gasteiger charge is -2.15. The van der Waals surface area contributed by atoms with E-state index in [1.165, 1.54) is 116 Å². The van der Waals surface area contributed by atoms with Crippen LogP contribution in [0.25, 0.3) is 0 Å². The van der Waals surface area contributed by atoms with Gasteiger partial charge in [0.2, 0.25) is 0 Å². The van der Waals surface area contributed by atoms with Crippen molar-refractivity contribution >= 4 is 5.97 Å². The Hall–Kier alpha value is -1.13. The minimum Gasteiger partial charge on any atom is -0.457 e. The smallest absolute Gasteiger partial charge is 0.306 e. The van der Waals surface area contributed by atoms with Gasteiger partial charge in [-0.2, -0.15) is 0 Å². The van der Waals surface area contributed by atoms with Crippen molar-refractivity contribution in [1.82, 2.24) is 0 Å². The maximum Gasteiger partial charge on any atom is 0.306 e. The first kappa shape index (κ1) is 35.9. The standard InChI is InChI=1S/C33H62O4/c1-3-5-7-9-11-13-15-17-19-21-23-25-27-29-36-31-32(30-34)37-33(35)28-26-24-22-20-18-16-14-12-10-8-6-4-2/h11-14,32,34H,3-10,15-31H2,1-2H3/b13-11-,14-12-. The summed E-state index contributed by atoms with van der Waals surface area (Å²) in [7, 11) is 0. The number of aliphatic hydroxyl groups is 1. The number of hydrogen-bond donors (Lipinski definition) is 1. The number of esters is 1. The number of carbonyl (C=O) groups excluding carboxylic acids is 1. The number of rotatable bonds is 29. The van der Waals surface area contributed by atoms with Gasteiger partial charge in [0, 0.05) is 13.0 Å². The zero-order chi connectivity index (χ0) is 27.1. The average molecular weight is 523 g/mol. The lowest BCUT2D eigenvalue weighted by atomic mass is 10.1. The molecule has 37 heavy (non-hydrogen) atoms. The normalized spacial score (nSPS) is 12.6. The van der Waals surface area contributed by atoms with Gasteiger partial charge in [0.15, 0.2) is 0 Å². The van der Waals surface area contributed by atoms with E-state index in [0.29, 0.717) is 19.6 Å². The van der Waals surface area contributed by atoms with Crippen molar-refractivity contribution in [3.63, 3.8) is 0 Å². The van der Waals surface area contributed by atoms with E-state index < -0.39 is 6.10 Å². The molecule has 0 amide bonds. The highest BCUT2D eigenvalue weighted by Gasteiger charge is 2.13. The van der Waals surface area contributed by atoms with Crippen molar-refractivity contribution < 1.29 is 19.4 Å². The molecule has 0 aromatic rings. The summed E-state index contributed by atoms with van der Waals surface area (Å²) in [5, 5.41) is 9.50. The van der Waals surface area contributed by atoms with E-state index in [9.17, 15) is 9.90 Å². The van der Waals surface area contributed by atoms with E-state index in [1.807, 2.05) is 0 Å². The average Bonchev–Trinajstić information content (AvgIpc) is 2.90. The zero-order valence-corrected chi connectivity index (χ0v) is 24.7. The quantitative estimate of drug-likeness (QED) is 0.0603. The Kier molecular flexibility index (Phi) is 30.1. The number of hydrogen-bond acceptors (Lipinski definition) is 4. The van der Waals surface area contributed by atoms with Crippen LogP contribution >= 0.6 is 0 Å². The van der Waals surface area contributed by atoms with E-state index in [0.717, 1.165) is 19.3 Å². The molecule has 0 spiro atoms. The van der Waals surface area contributed by atoms with E-state index in [-0.39, 0.29) is 12.6 Å². The van der Waals surface area contributed by atoms with Gasteiger partial charge >= 0.3 is 5.97 Å². The molecule has 0 radical (unpaired) electrons. The molecular weight excluding hydrogens is 460 g/mol. The minimum atomic E-state index is -0.536. The fourth-order valence-corrected chi connectivity index (χ4v) is 4.31. The SMILES string of the molecule is CCCCC/C=C\CCCCCCCCOCC(CO)OC(=O)CCCCCCC/C=C\CCCCC. The summed E-state index contributed by atoms with van der Waals surface area (Å²) in [5.41, 5.74) is 0. The summed E-state index contributed by atoms with van der Waals surface area (Å²) in [6.45, 7) is 5.27. The topological polar surface area (TPSA) is 55.8 Å². The number of allylic oxidation sites excluding steroid dienone is 4. The molecule has 218 valence electrons. The molecule has 0 aliphatic heterocycles. The molecule has 0 aliphatic rings. The van der Waals surface area contributed by atoms with Crippen LogP contribution in [0.5, 0.6) is 0 Å². The van der Waals surface area contributed by atoms with Crippen molar-refractivity contribution in [3.05, 3.63) is 24.3 Å². The summed E-state index contributed by atoms with van der Waals surface area (Å²) >= 11 is 0. The summed E-state index contributed by atoms with van der Waals surface area (Å²) < 4.78 is 11.0. The second kappa shape index (κ2) is 31.1. The molecule has 0 heterocycles. The largest absolute Gasteiger partial charge is 0.457 e. The van der Waals surface area contributed by atoms with Crippen LogP contribution in [0.3, 0.4) is 0 Å². The molecule has 0 rings (SSSR count). The van der Waals surface area contributed by atoms with Crippen molar-refractivity contribution in [2.75, 3.05) is 19.8 Å². The maximum atomic E-state index is 12.1. The van der Waals surface area contributed by atoms with Crippen LogP contribution in [-0.4, -0.2) is 37.0 Å². The van der Waals surface area contributed by atoms with Gasteiger partial charge in [-0.3, -0.25) is 4.79 Å². The van der Waals surface area contributed by atoms with Crippen molar-refractivity contribution in [3.8, 4) is 0 Å². The Morgan fingerprint density at radius 3 is 1.54 bits per heavy atom. The fourth-order valence-electron chi connectivity index (χ4n) is 4.31. The lowest BCUT2D eigenvalue weighted by molar-refractivity contribution is -0.154. The fraction of sp³-hybridized carbons (Fsp3) is 0.848. The Labute approximate surface area is 230 Å². The zero-order valence-electron chi connectivity index (χ0n) is 24.7. The van der Waals surface area contributed by atoms with Crippen LogP contribution in [0.2, 0.25) is 0 Å². The first-order chi connectivity index (χ1) is 18.2. The predicted molar refractivity (Wildman–Crippen MR) is 159 cm³/mol. The molecule has 1 unspecified atom stereocenters. The highest BCUT2D eigenvalue weighted by atomic mass is 16.6. The van der Waals surface area contributed by atoms with Crippen LogP contribution < -0.4 is 0 Å². The van der Waals surface area contributed by atoms with Gasteiger partial charge < -0.3 is 14.6 Å². The molecule has 0 aliphatic carbocycles. The molecule has 4 heteroatoms. The van der Waals surface area contributed by atoms with Gasteiger partial charge in [-0.25, -0.2) is 0 Å². The Balaban J connectivity index is 3.47. The molecule has 0 fully saturated rings. The number of carbonyl (C=O) groups is 1. The third-order valence-corrected chi connectivity index (χ3v) is 6.75. The third-order valence-electron chi connectivity index (χ3n) is 6.75. The van der Waals surface area contributed by atoms with Gasteiger partial charge in [0.1, 0.15) is 6.10 Å². The van der Waals surface area contributed by atoms with Crippen LogP contribution in [0, 0.1) is 0 Å². The van der Waals surface area contributed by atoms with E-state index in [2.05, 4.69) is 38.2 Å². The predicted octanol–water partition coefficient (Wildman–Crippen LogP) is 9.64. The molecule has 0 aromatic carbocycles. The molecule has 4 nitrogen and oxygen atoms in total. The van der Waals surface area contributed by atoms with Crippen molar-refractivity contribution in [2.45, 2.75) is 161 Å². The van der Waals surface area contributed by atoms with Crippen LogP contribution in [-0.2, 0) is 14.3 Å². The van der Waals surface area contributed by atoms with Crippen LogP contribution in [0.1, 0.15) is 155 Å². The Morgan fingerprint density at radius 2 is 1.05 bits per heavy atom. The molecular formula is C33H62O4. The Morgan fingerprint density at radius 1 is 0.622 bits per heavy atom. The summed E-state index contributed by atoms with van der Waals surface area (Å²) in [5.74, 6) is -0.214. The maximum absolute atomic E-state index is 12.1. The molecule has 0 aromatic heterocycles.